The first-order chi connectivity index (χ1) is 8.24. The first-order valence-corrected chi connectivity index (χ1v) is 5.36. The largest absolute Gasteiger partial charge is 0.494 e. The second kappa shape index (κ2) is 4.86. The summed E-state index contributed by atoms with van der Waals surface area (Å²) < 4.78 is 20.3. The second-order valence-electron chi connectivity index (χ2n) is 3.51. The molecule has 1 aromatic carbocycles. The number of methoxy groups -OCH3 is 1. The number of aromatic nitrogens is 2. The minimum Gasteiger partial charge on any atom is -0.494 e. The van der Waals surface area contributed by atoms with Crippen LogP contribution in [-0.2, 0) is 6.54 Å². The second-order valence-corrected chi connectivity index (χ2v) is 3.51. The van der Waals surface area contributed by atoms with E-state index in [-0.39, 0.29) is 5.75 Å². The van der Waals surface area contributed by atoms with E-state index in [1.165, 1.54) is 13.2 Å². The maximum Gasteiger partial charge on any atom is 0.207 e. The van der Waals surface area contributed by atoms with E-state index in [2.05, 4.69) is 10.3 Å². The van der Waals surface area contributed by atoms with Gasteiger partial charge in [0.05, 0.1) is 7.11 Å². The van der Waals surface area contributed by atoms with Crippen molar-refractivity contribution < 1.29 is 9.13 Å². The van der Waals surface area contributed by atoms with E-state index in [0.29, 0.717) is 11.6 Å². The molecule has 90 valence electrons. The fourth-order valence-corrected chi connectivity index (χ4v) is 1.56. The van der Waals surface area contributed by atoms with Crippen molar-refractivity contribution in [3.8, 4) is 5.75 Å². The van der Waals surface area contributed by atoms with Crippen molar-refractivity contribution in [3.63, 3.8) is 0 Å². The number of nitrogens with one attached hydrogen (secondary N) is 1. The molecule has 0 unspecified atom stereocenters. The average molecular weight is 235 g/mol. The molecule has 1 aromatic heterocycles. The highest BCUT2D eigenvalue weighted by molar-refractivity contribution is 5.55. The molecule has 0 saturated heterocycles. The number of rotatable bonds is 4. The van der Waals surface area contributed by atoms with Gasteiger partial charge in [-0.25, -0.2) is 9.37 Å². The van der Waals surface area contributed by atoms with E-state index < -0.39 is 5.82 Å². The quantitative estimate of drug-likeness (QED) is 0.885. The number of imidazole rings is 1. The Bertz CT molecular complexity index is 510. The molecule has 5 heteroatoms. The summed E-state index contributed by atoms with van der Waals surface area (Å²) >= 11 is 0. The molecule has 4 nitrogen and oxygen atoms in total. The van der Waals surface area contributed by atoms with Gasteiger partial charge in [-0.1, -0.05) is 0 Å². The summed E-state index contributed by atoms with van der Waals surface area (Å²) in [6, 6.07) is 4.71. The lowest BCUT2D eigenvalue weighted by molar-refractivity contribution is 0.386. The van der Waals surface area contributed by atoms with Gasteiger partial charge in [-0.15, -0.1) is 0 Å². The van der Waals surface area contributed by atoms with Crippen LogP contribution in [0.15, 0.2) is 30.6 Å². The lowest BCUT2D eigenvalue weighted by Crippen LogP contribution is -2.01. The maximum absolute atomic E-state index is 13.5. The number of ether oxygens (including phenoxy) is 1. The monoisotopic (exact) mass is 235 g/mol. The highest BCUT2D eigenvalue weighted by Crippen LogP contribution is 2.22. The Kier molecular flexibility index (Phi) is 3.27. The van der Waals surface area contributed by atoms with Crippen LogP contribution in [0.2, 0.25) is 0 Å². The van der Waals surface area contributed by atoms with Gasteiger partial charge in [0.25, 0.3) is 0 Å². The van der Waals surface area contributed by atoms with Crippen molar-refractivity contribution in [2.45, 2.75) is 13.5 Å². The Morgan fingerprint density at radius 1 is 1.47 bits per heavy atom. The van der Waals surface area contributed by atoms with E-state index in [4.69, 9.17) is 4.74 Å². The predicted molar refractivity (Wildman–Crippen MR) is 64.1 cm³/mol. The Hall–Kier alpha value is -2.04. The molecule has 2 rings (SSSR count). The molecule has 0 atom stereocenters. The Labute approximate surface area is 99.1 Å². The van der Waals surface area contributed by atoms with Crippen molar-refractivity contribution in [2.24, 2.45) is 0 Å². The fourth-order valence-electron chi connectivity index (χ4n) is 1.56. The van der Waals surface area contributed by atoms with Gasteiger partial charge in [-0.3, -0.25) is 0 Å². The topological polar surface area (TPSA) is 39.1 Å². The van der Waals surface area contributed by atoms with Gasteiger partial charge in [-0.2, -0.15) is 0 Å². The first kappa shape index (κ1) is 11.4. The van der Waals surface area contributed by atoms with E-state index in [1.54, 1.807) is 18.3 Å². The molecule has 1 N–H and O–H groups in total. The molecule has 17 heavy (non-hydrogen) atoms. The molecule has 0 aliphatic rings. The number of hydrogen-bond donors (Lipinski definition) is 1. The molecule has 0 bridgehead atoms. The smallest absolute Gasteiger partial charge is 0.207 e. The molecule has 0 aliphatic carbocycles. The summed E-state index contributed by atoms with van der Waals surface area (Å²) in [5.74, 6) is 0.526. The molecular formula is C12H14FN3O. The number of hydrogen-bond acceptors (Lipinski definition) is 3. The lowest BCUT2D eigenvalue weighted by Gasteiger charge is -2.09. The number of benzene rings is 1. The van der Waals surface area contributed by atoms with E-state index >= 15 is 0 Å². The summed E-state index contributed by atoms with van der Waals surface area (Å²) in [5.41, 5.74) is 0.643. The summed E-state index contributed by atoms with van der Waals surface area (Å²) in [4.78, 5) is 4.15. The van der Waals surface area contributed by atoms with Crippen LogP contribution in [0, 0.1) is 5.82 Å². The number of aryl methyl sites for hydroxylation is 1. The van der Waals surface area contributed by atoms with Crippen LogP contribution in [0.3, 0.4) is 0 Å². The molecule has 0 spiro atoms. The SMILES string of the molecule is CCn1ccnc1Nc1ccc(OC)c(F)c1. The van der Waals surface area contributed by atoms with Gasteiger partial charge in [0.2, 0.25) is 5.95 Å². The fraction of sp³-hybridized carbons (Fsp3) is 0.250. The molecule has 1 heterocycles. The molecule has 0 radical (unpaired) electrons. The van der Waals surface area contributed by atoms with Crippen LogP contribution in [0.4, 0.5) is 16.0 Å². The molecule has 2 aromatic rings. The number of nitrogens with zero attached hydrogens (tertiary/aromatic N) is 2. The molecule has 0 fully saturated rings. The van der Waals surface area contributed by atoms with Crippen molar-refractivity contribution in [1.82, 2.24) is 9.55 Å². The number of halogens is 1. The van der Waals surface area contributed by atoms with Crippen LogP contribution in [-0.4, -0.2) is 16.7 Å². The Balaban J connectivity index is 2.22. The van der Waals surface area contributed by atoms with Crippen LogP contribution in [0.25, 0.3) is 0 Å². The van der Waals surface area contributed by atoms with Gasteiger partial charge in [0.15, 0.2) is 11.6 Å². The van der Waals surface area contributed by atoms with Crippen LogP contribution >= 0.6 is 0 Å². The van der Waals surface area contributed by atoms with Gasteiger partial charge in [-0.05, 0) is 19.1 Å². The Morgan fingerprint density at radius 2 is 2.29 bits per heavy atom. The molecule has 0 saturated carbocycles. The highest BCUT2D eigenvalue weighted by Gasteiger charge is 2.05. The first-order valence-electron chi connectivity index (χ1n) is 5.36. The molecule has 0 aliphatic heterocycles. The van der Waals surface area contributed by atoms with E-state index in [9.17, 15) is 4.39 Å². The zero-order chi connectivity index (χ0) is 12.3. The number of anilines is 2. The maximum atomic E-state index is 13.5. The van der Waals surface area contributed by atoms with Gasteiger partial charge < -0.3 is 14.6 Å². The standard InChI is InChI=1S/C12H14FN3O/c1-3-16-7-6-14-12(16)15-9-4-5-11(17-2)10(13)8-9/h4-8H,3H2,1-2H3,(H,14,15). The van der Waals surface area contributed by atoms with Gasteiger partial charge in [0.1, 0.15) is 0 Å². The van der Waals surface area contributed by atoms with Crippen molar-refractivity contribution in [2.75, 3.05) is 12.4 Å². The minimum atomic E-state index is -0.396. The normalized spacial score (nSPS) is 10.3. The Morgan fingerprint density at radius 3 is 2.94 bits per heavy atom. The minimum absolute atomic E-state index is 0.231. The lowest BCUT2D eigenvalue weighted by atomic mass is 10.3. The van der Waals surface area contributed by atoms with Crippen LogP contribution in [0.1, 0.15) is 6.92 Å². The summed E-state index contributed by atoms with van der Waals surface area (Å²) in [5, 5.41) is 3.05. The third-order valence-corrected chi connectivity index (χ3v) is 2.46. The third kappa shape index (κ3) is 2.38. The summed E-state index contributed by atoms with van der Waals surface area (Å²) in [6.07, 6.45) is 3.56. The summed E-state index contributed by atoms with van der Waals surface area (Å²) in [7, 11) is 1.44. The average Bonchev–Trinajstić information content (AvgIpc) is 2.76. The summed E-state index contributed by atoms with van der Waals surface area (Å²) in [6.45, 7) is 2.82. The zero-order valence-corrected chi connectivity index (χ0v) is 9.77. The third-order valence-electron chi connectivity index (χ3n) is 2.46. The molecular weight excluding hydrogens is 221 g/mol. The van der Waals surface area contributed by atoms with Crippen molar-refractivity contribution >= 4 is 11.6 Å². The van der Waals surface area contributed by atoms with Gasteiger partial charge in [0, 0.05) is 30.7 Å². The van der Waals surface area contributed by atoms with E-state index in [0.717, 1.165) is 6.54 Å². The van der Waals surface area contributed by atoms with Crippen LogP contribution in [0.5, 0.6) is 5.75 Å². The van der Waals surface area contributed by atoms with Crippen molar-refractivity contribution in [3.05, 3.63) is 36.4 Å². The molecule has 0 amide bonds. The predicted octanol–water partition coefficient (Wildman–Crippen LogP) is 2.79. The van der Waals surface area contributed by atoms with Gasteiger partial charge >= 0.3 is 0 Å². The zero-order valence-electron chi connectivity index (χ0n) is 9.77. The van der Waals surface area contributed by atoms with Crippen LogP contribution < -0.4 is 10.1 Å². The highest BCUT2D eigenvalue weighted by atomic mass is 19.1. The van der Waals surface area contributed by atoms with E-state index in [1.807, 2.05) is 17.7 Å². The van der Waals surface area contributed by atoms with Crippen molar-refractivity contribution in [1.29, 1.82) is 0 Å².